The van der Waals surface area contributed by atoms with Gasteiger partial charge in [-0.25, -0.2) is 4.39 Å². The van der Waals surface area contributed by atoms with E-state index in [1.807, 2.05) is 6.92 Å². The fourth-order valence-electron chi connectivity index (χ4n) is 2.15. The molecule has 0 bridgehead atoms. The second kappa shape index (κ2) is 8.36. The van der Waals surface area contributed by atoms with E-state index in [4.69, 9.17) is 9.84 Å². The van der Waals surface area contributed by atoms with Gasteiger partial charge in [0, 0.05) is 12.5 Å². The Balaban J connectivity index is 2.76. The van der Waals surface area contributed by atoms with Crippen LogP contribution in [0.3, 0.4) is 0 Å². The van der Waals surface area contributed by atoms with Gasteiger partial charge in [0.25, 0.3) is 0 Å². The van der Waals surface area contributed by atoms with Crippen molar-refractivity contribution in [1.82, 2.24) is 4.90 Å². The van der Waals surface area contributed by atoms with E-state index >= 15 is 0 Å². The Morgan fingerprint density at radius 2 is 2.09 bits per heavy atom. The molecule has 0 saturated carbocycles. The van der Waals surface area contributed by atoms with Crippen molar-refractivity contribution in [2.45, 2.75) is 39.2 Å². The highest BCUT2D eigenvalue weighted by molar-refractivity contribution is 5.81. The number of halogens is 1. The molecular formula is C16H22FNO4. The molecule has 0 fully saturated rings. The summed E-state index contributed by atoms with van der Waals surface area (Å²) in [5.74, 6) is -1.69. The number of carboxylic acids is 1. The molecule has 1 amide bonds. The summed E-state index contributed by atoms with van der Waals surface area (Å²) in [6.45, 7) is 3.34. The molecule has 0 aromatic heterocycles. The van der Waals surface area contributed by atoms with Gasteiger partial charge in [0.15, 0.2) is 11.6 Å². The Morgan fingerprint density at radius 1 is 1.41 bits per heavy atom. The number of aryl methyl sites for hydroxylation is 1. The largest absolute Gasteiger partial charge is 0.494 e. The summed E-state index contributed by atoms with van der Waals surface area (Å²) in [4.78, 5) is 24.4. The summed E-state index contributed by atoms with van der Waals surface area (Å²) in [5.41, 5.74) is 0.382. The van der Waals surface area contributed by atoms with Gasteiger partial charge in [-0.1, -0.05) is 19.1 Å². The Morgan fingerprint density at radius 3 is 2.64 bits per heavy atom. The van der Waals surface area contributed by atoms with Gasteiger partial charge in [0.05, 0.1) is 7.11 Å². The van der Waals surface area contributed by atoms with E-state index in [1.165, 1.54) is 18.1 Å². The number of carbonyl (C=O) groups excluding carboxylic acids is 1. The number of amides is 1. The monoisotopic (exact) mass is 311 g/mol. The van der Waals surface area contributed by atoms with E-state index in [0.29, 0.717) is 12.0 Å². The van der Waals surface area contributed by atoms with Gasteiger partial charge >= 0.3 is 5.97 Å². The number of carboxylic acid groups (broad SMARTS) is 1. The molecule has 0 heterocycles. The summed E-state index contributed by atoms with van der Waals surface area (Å²) in [5, 5.41) is 8.90. The van der Waals surface area contributed by atoms with Gasteiger partial charge in [-0.3, -0.25) is 9.59 Å². The maximum atomic E-state index is 14.0. The predicted octanol–water partition coefficient (Wildman–Crippen LogP) is 2.48. The lowest BCUT2D eigenvalue weighted by molar-refractivity contribution is -0.146. The molecule has 0 aliphatic rings. The number of carbonyl (C=O) groups is 2. The zero-order valence-corrected chi connectivity index (χ0v) is 13.1. The lowest BCUT2D eigenvalue weighted by Crippen LogP contribution is -2.41. The summed E-state index contributed by atoms with van der Waals surface area (Å²) in [7, 11) is 1.38. The van der Waals surface area contributed by atoms with Gasteiger partial charge in [0.2, 0.25) is 5.91 Å². The predicted molar refractivity (Wildman–Crippen MR) is 80.4 cm³/mol. The molecule has 1 unspecified atom stereocenters. The first kappa shape index (κ1) is 17.9. The third-order valence-corrected chi connectivity index (χ3v) is 3.62. The zero-order valence-electron chi connectivity index (χ0n) is 13.1. The van der Waals surface area contributed by atoms with E-state index < -0.39 is 11.8 Å². The van der Waals surface area contributed by atoms with Gasteiger partial charge in [-0.15, -0.1) is 0 Å². The van der Waals surface area contributed by atoms with Crippen molar-refractivity contribution < 1.29 is 23.8 Å². The van der Waals surface area contributed by atoms with Crippen LogP contribution in [-0.4, -0.2) is 41.6 Å². The second-order valence-electron chi connectivity index (χ2n) is 5.11. The van der Waals surface area contributed by atoms with Crippen molar-refractivity contribution in [2.75, 3.05) is 13.7 Å². The van der Waals surface area contributed by atoms with Crippen LogP contribution in [0, 0.1) is 5.82 Å². The van der Waals surface area contributed by atoms with Crippen LogP contribution in [0.5, 0.6) is 5.75 Å². The van der Waals surface area contributed by atoms with Crippen molar-refractivity contribution in [3.05, 3.63) is 29.6 Å². The minimum absolute atomic E-state index is 0.0572. The minimum Gasteiger partial charge on any atom is -0.494 e. The third-order valence-electron chi connectivity index (χ3n) is 3.62. The van der Waals surface area contributed by atoms with Crippen LogP contribution in [0.25, 0.3) is 0 Å². The van der Waals surface area contributed by atoms with Crippen LogP contribution in [-0.2, 0) is 16.0 Å². The van der Waals surface area contributed by atoms with Crippen LogP contribution < -0.4 is 4.74 Å². The summed E-state index contributed by atoms with van der Waals surface area (Å²) in [6, 6.07) is 4.59. The maximum Gasteiger partial charge on any atom is 0.323 e. The molecule has 5 nitrogen and oxygen atoms in total. The lowest BCUT2D eigenvalue weighted by atomic mass is 10.1. The van der Waals surface area contributed by atoms with Crippen LogP contribution >= 0.6 is 0 Å². The number of methoxy groups -OCH3 is 1. The molecule has 1 aromatic rings. The van der Waals surface area contributed by atoms with Gasteiger partial charge in [-0.05, 0) is 31.4 Å². The quantitative estimate of drug-likeness (QED) is 0.801. The summed E-state index contributed by atoms with van der Waals surface area (Å²) in [6.07, 6.45) is 0.919. The molecule has 0 aliphatic carbocycles. The Hall–Kier alpha value is -2.11. The molecule has 1 aromatic carbocycles. The number of hydrogen-bond donors (Lipinski definition) is 1. The Kier molecular flexibility index (Phi) is 6.82. The third kappa shape index (κ3) is 4.72. The van der Waals surface area contributed by atoms with Crippen LogP contribution in [0.2, 0.25) is 0 Å². The molecule has 1 rings (SSSR count). The topological polar surface area (TPSA) is 66.8 Å². The maximum absolute atomic E-state index is 14.0. The van der Waals surface area contributed by atoms with Crippen molar-refractivity contribution in [3.8, 4) is 5.75 Å². The van der Waals surface area contributed by atoms with Crippen molar-refractivity contribution in [3.63, 3.8) is 0 Å². The number of aliphatic carboxylic acids is 1. The molecule has 22 heavy (non-hydrogen) atoms. The second-order valence-corrected chi connectivity index (χ2v) is 5.11. The van der Waals surface area contributed by atoms with E-state index in [0.717, 1.165) is 0 Å². The first-order chi connectivity index (χ1) is 10.4. The standard InChI is InChI=1S/C16H22FNO4/c1-4-11(2)18(10-15(20)21)14(19)9-8-12-6-5-7-13(22-3)16(12)17/h5-7,11H,4,8-10H2,1-3H3,(H,20,21). The molecule has 122 valence electrons. The molecule has 0 aliphatic heterocycles. The zero-order chi connectivity index (χ0) is 16.7. The molecular weight excluding hydrogens is 289 g/mol. The highest BCUT2D eigenvalue weighted by Gasteiger charge is 2.21. The van der Waals surface area contributed by atoms with Crippen molar-refractivity contribution >= 4 is 11.9 Å². The average Bonchev–Trinajstić information content (AvgIpc) is 2.50. The Bertz CT molecular complexity index is 533. The molecule has 0 saturated heterocycles. The Labute approximate surface area is 129 Å². The molecule has 1 N–H and O–H groups in total. The van der Waals surface area contributed by atoms with Crippen LogP contribution in [0.15, 0.2) is 18.2 Å². The van der Waals surface area contributed by atoms with Gasteiger partial charge in [0.1, 0.15) is 6.54 Å². The van der Waals surface area contributed by atoms with E-state index in [9.17, 15) is 14.0 Å². The van der Waals surface area contributed by atoms with E-state index in [1.54, 1.807) is 19.1 Å². The normalized spacial score (nSPS) is 11.8. The van der Waals surface area contributed by atoms with E-state index in [-0.39, 0.29) is 37.1 Å². The molecule has 0 radical (unpaired) electrons. The van der Waals surface area contributed by atoms with Crippen molar-refractivity contribution in [1.29, 1.82) is 0 Å². The van der Waals surface area contributed by atoms with Crippen molar-refractivity contribution in [2.24, 2.45) is 0 Å². The number of hydrogen-bond acceptors (Lipinski definition) is 3. The smallest absolute Gasteiger partial charge is 0.323 e. The first-order valence-electron chi connectivity index (χ1n) is 7.23. The van der Waals surface area contributed by atoms with Crippen LogP contribution in [0.4, 0.5) is 4.39 Å². The SMILES string of the molecule is CCC(C)N(CC(=O)O)C(=O)CCc1cccc(OC)c1F. The van der Waals surface area contributed by atoms with Crippen LogP contribution in [0.1, 0.15) is 32.3 Å². The highest BCUT2D eigenvalue weighted by Crippen LogP contribution is 2.21. The highest BCUT2D eigenvalue weighted by atomic mass is 19.1. The molecule has 6 heteroatoms. The number of benzene rings is 1. The minimum atomic E-state index is -1.05. The number of rotatable bonds is 8. The lowest BCUT2D eigenvalue weighted by Gasteiger charge is -2.27. The molecule has 1 atom stereocenters. The molecule has 0 spiro atoms. The number of ether oxygens (including phenoxy) is 1. The van der Waals surface area contributed by atoms with Gasteiger partial charge in [-0.2, -0.15) is 0 Å². The van der Waals surface area contributed by atoms with Gasteiger partial charge < -0.3 is 14.7 Å². The fraction of sp³-hybridized carbons (Fsp3) is 0.500. The summed E-state index contributed by atoms with van der Waals surface area (Å²) >= 11 is 0. The first-order valence-corrected chi connectivity index (χ1v) is 7.23. The average molecular weight is 311 g/mol. The summed E-state index contributed by atoms with van der Waals surface area (Å²) < 4.78 is 18.9. The number of nitrogens with zero attached hydrogens (tertiary/aromatic N) is 1. The van der Waals surface area contributed by atoms with E-state index in [2.05, 4.69) is 0 Å². The fourth-order valence-corrected chi connectivity index (χ4v) is 2.15.